The quantitative estimate of drug-likeness (QED) is 0.451. The molecule has 0 heterocycles. The van der Waals surface area contributed by atoms with E-state index in [2.05, 4.69) is 5.32 Å². The Kier molecular flexibility index (Phi) is 5.34. The Labute approximate surface area is 110 Å². The Morgan fingerprint density at radius 1 is 1.37 bits per heavy atom. The van der Waals surface area contributed by atoms with E-state index in [0.717, 1.165) is 6.20 Å². The van der Waals surface area contributed by atoms with Crippen molar-refractivity contribution in [2.45, 2.75) is 0 Å². The van der Waals surface area contributed by atoms with Crippen LogP contribution in [0.2, 0.25) is 0 Å². The van der Waals surface area contributed by atoms with Crippen molar-refractivity contribution in [3.8, 4) is 11.5 Å². The summed E-state index contributed by atoms with van der Waals surface area (Å²) in [5.74, 6) is 0.962. The largest absolute Gasteiger partial charge is 0.493 e. The maximum absolute atomic E-state index is 10.6. The van der Waals surface area contributed by atoms with Gasteiger partial charge < -0.3 is 19.6 Å². The highest BCUT2D eigenvalue weighted by molar-refractivity contribution is 5.68. The number of hydrogen-bond donors (Lipinski definition) is 1. The number of nitrogens with zero attached hydrogens (tertiary/aromatic N) is 1. The van der Waals surface area contributed by atoms with Gasteiger partial charge in [-0.15, -0.1) is 0 Å². The van der Waals surface area contributed by atoms with Crippen LogP contribution in [0.5, 0.6) is 11.5 Å². The summed E-state index contributed by atoms with van der Waals surface area (Å²) in [5, 5.41) is 13.2. The molecule has 19 heavy (non-hydrogen) atoms. The number of nitrogens with one attached hydrogen (secondary N) is 1. The standard InChI is InChI=1S/C12H14N2O5/c1-18-11-4-3-9(7-12(11)19-2)10(8-14(16)17)13-5-6-15/h3-4,6-8,13H,5H2,1-2H3. The molecule has 102 valence electrons. The number of nitro groups is 1. The minimum absolute atomic E-state index is 0.0198. The van der Waals surface area contributed by atoms with E-state index in [-0.39, 0.29) is 12.2 Å². The summed E-state index contributed by atoms with van der Waals surface area (Å²) in [4.78, 5) is 20.3. The molecule has 7 nitrogen and oxygen atoms in total. The highest BCUT2D eigenvalue weighted by atomic mass is 16.6. The van der Waals surface area contributed by atoms with Gasteiger partial charge in [-0.3, -0.25) is 10.1 Å². The molecule has 0 radical (unpaired) electrons. The zero-order valence-electron chi connectivity index (χ0n) is 10.6. The van der Waals surface area contributed by atoms with Crippen LogP contribution in [0.25, 0.3) is 5.70 Å². The summed E-state index contributed by atoms with van der Waals surface area (Å²) in [7, 11) is 2.97. The van der Waals surface area contributed by atoms with Gasteiger partial charge in [-0.25, -0.2) is 0 Å². The molecule has 0 saturated carbocycles. The Hall–Kier alpha value is -2.57. The van der Waals surface area contributed by atoms with E-state index in [9.17, 15) is 14.9 Å². The lowest BCUT2D eigenvalue weighted by Gasteiger charge is -2.11. The molecule has 1 aromatic carbocycles. The van der Waals surface area contributed by atoms with E-state index in [1.807, 2.05) is 0 Å². The Balaban J connectivity index is 3.15. The van der Waals surface area contributed by atoms with Gasteiger partial charge in [-0.2, -0.15) is 0 Å². The van der Waals surface area contributed by atoms with Gasteiger partial charge in [-0.05, 0) is 18.2 Å². The van der Waals surface area contributed by atoms with E-state index in [0.29, 0.717) is 23.3 Å². The van der Waals surface area contributed by atoms with Gasteiger partial charge in [-0.1, -0.05) is 0 Å². The van der Waals surface area contributed by atoms with Crippen molar-refractivity contribution >= 4 is 12.0 Å². The molecule has 0 aliphatic rings. The lowest BCUT2D eigenvalue weighted by atomic mass is 10.1. The van der Waals surface area contributed by atoms with E-state index in [4.69, 9.17) is 9.47 Å². The number of hydrogen-bond acceptors (Lipinski definition) is 6. The van der Waals surface area contributed by atoms with Crippen LogP contribution >= 0.6 is 0 Å². The third kappa shape index (κ3) is 3.98. The van der Waals surface area contributed by atoms with Gasteiger partial charge in [0.25, 0.3) is 6.20 Å². The van der Waals surface area contributed by atoms with Gasteiger partial charge in [0.2, 0.25) is 0 Å². The van der Waals surface area contributed by atoms with Crippen LogP contribution in [-0.4, -0.2) is 32.0 Å². The van der Waals surface area contributed by atoms with Crippen molar-refractivity contribution in [2.75, 3.05) is 20.8 Å². The van der Waals surface area contributed by atoms with Gasteiger partial charge >= 0.3 is 0 Å². The predicted octanol–water partition coefficient (Wildman–Crippen LogP) is 1.07. The molecular weight excluding hydrogens is 252 g/mol. The molecule has 0 saturated heterocycles. The number of benzene rings is 1. The Bertz CT molecular complexity index is 499. The van der Waals surface area contributed by atoms with E-state index in [1.165, 1.54) is 14.2 Å². The SMILES string of the molecule is COc1ccc(C(=C[N+](=O)[O-])NCC=O)cc1OC. The van der Waals surface area contributed by atoms with Crippen molar-refractivity contribution < 1.29 is 19.2 Å². The van der Waals surface area contributed by atoms with Crippen LogP contribution in [-0.2, 0) is 4.79 Å². The fraction of sp³-hybridized carbons (Fsp3) is 0.250. The van der Waals surface area contributed by atoms with Crippen molar-refractivity contribution in [2.24, 2.45) is 0 Å². The third-order valence-corrected chi connectivity index (χ3v) is 2.30. The minimum atomic E-state index is -0.593. The van der Waals surface area contributed by atoms with Crippen LogP contribution in [0.1, 0.15) is 5.56 Å². The molecule has 0 aliphatic carbocycles. The first kappa shape index (κ1) is 14.5. The molecule has 0 fully saturated rings. The molecule has 1 N–H and O–H groups in total. The van der Waals surface area contributed by atoms with E-state index < -0.39 is 4.92 Å². The molecule has 0 atom stereocenters. The first-order valence-corrected chi connectivity index (χ1v) is 5.37. The van der Waals surface area contributed by atoms with Crippen LogP contribution in [0.3, 0.4) is 0 Å². The van der Waals surface area contributed by atoms with Crippen LogP contribution in [0.15, 0.2) is 24.4 Å². The Morgan fingerprint density at radius 3 is 2.58 bits per heavy atom. The summed E-state index contributed by atoms with van der Waals surface area (Å²) in [6.07, 6.45) is 1.42. The van der Waals surface area contributed by atoms with Gasteiger partial charge in [0.05, 0.1) is 25.7 Å². The molecule has 7 heteroatoms. The van der Waals surface area contributed by atoms with Crippen molar-refractivity contribution in [1.29, 1.82) is 0 Å². The number of carbonyl (C=O) groups excluding carboxylic acids is 1. The second kappa shape index (κ2) is 7.00. The number of ether oxygens (including phenoxy) is 2. The molecule has 0 aliphatic heterocycles. The Morgan fingerprint density at radius 2 is 2.05 bits per heavy atom. The average Bonchev–Trinajstić information content (AvgIpc) is 2.42. The van der Waals surface area contributed by atoms with Gasteiger partial charge in [0, 0.05) is 5.56 Å². The van der Waals surface area contributed by atoms with Crippen LogP contribution < -0.4 is 14.8 Å². The second-order valence-corrected chi connectivity index (χ2v) is 3.45. The molecular formula is C12H14N2O5. The van der Waals surface area contributed by atoms with E-state index >= 15 is 0 Å². The van der Waals surface area contributed by atoms with Gasteiger partial charge in [0.15, 0.2) is 11.5 Å². The maximum atomic E-state index is 10.6. The van der Waals surface area contributed by atoms with Crippen molar-refractivity contribution in [3.63, 3.8) is 0 Å². The predicted molar refractivity (Wildman–Crippen MR) is 68.6 cm³/mol. The zero-order chi connectivity index (χ0) is 14.3. The normalized spacial score (nSPS) is 10.7. The summed E-state index contributed by atoms with van der Waals surface area (Å²) in [5.41, 5.74) is 0.745. The molecule has 0 unspecified atom stereocenters. The molecule has 1 rings (SSSR count). The monoisotopic (exact) mass is 266 g/mol. The van der Waals surface area contributed by atoms with Crippen LogP contribution in [0.4, 0.5) is 0 Å². The fourth-order valence-electron chi connectivity index (χ4n) is 1.48. The highest BCUT2D eigenvalue weighted by Gasteiger charge is 2.10. The lowest BCUT2D eigenvalue weighted by Crippen LogP contribution is -2.16. The topological polar surface area (TPSA) is 90.7 Å². The molecule has 0 spiro atoms. The van der Waals surface area contributed by atoms with E-state index in [1.54, 1.807) is 18.2 Å². The van der Waals surface area contributed by atoms with Crippen molar-refractivity contribution in [3.05, 3.63) is 40.1 Å². The lowest BCUT2D eigenvalue weighted by molar-refractivity contribution is -0.401. The number of rotatable bonds is 7. The highest BCUT2D eigenvalue weighted by Crippen LogP contribution is 2.29. The minimum Gasteiger partial charge on any atom is -0.493 e. The number of carbonyl (C=O) groups is 1. The average molecular weight is 266 g/mol. The number of methoxy groups -OCH3 is 2. The molecule has 0 amide bonds. The van der Waals surface area contributed by atoms with Crippen LogP contribution in [0, 0.1) is 10.1 Å². The first-order valence-electron chi connectivity index (χ1n) is 5.37. The molecule has 0 aromatic heterocycles. The summed E-state index contributed by atoms with van der Waals surface area (Å²) >= 11 is 0. The summed E-state index contributed by atoms with van der Waals surface area (Å²) in [6.45, 7) is -0.0198. The molecule has 0 bridgehead atoms. The van der Waals surface area contributed by atoms with Gasteiger partial charge in [0.1, 0.15) is 12.0 Å². The summed E-state index contributed by atoms with van der Waals surface area (Å²) in [6, 6.07) is 4.85. The third-order valence-electron chi connectivity index (χ3n) is 2.30. The molecule has 1 aromatic rings. The fourth-order valence-corrected chi connectivity index (χ4v) is 1.48. The smallest absolute Gasteiger partial charge is 0.258 e. The summed E-state index contributed by atoms with van der Waals surface area (Å²) < 4.78 is 10.2. The maximum Gasteiger partial charge on any atom is 0.258 e. The number of aldehydes is 1. The zero-order valence-corrected chi connectivity index (χ0v) is 10.6. The first-order chi connectivity index (χ1) is 9.12. The second-order valence-electron chi connectivity index (χ2n) is 3.45. The van der Waals surface area contributed by atoms with Crippen molar-refractivity contribution in [1.82, 2.24) is 5.32 Å².